The zero-order valence-corrected chi connectivity index (χ0v) is 25.0. The van der Waals surface area contributed by atoms with Crippen LogP contribution in [0.3, 0.4) is 0 Å². The minimum atomic E-state index is -3.82. The molecule has 2 aliphatic rings. The van der Waals surface area contributed by atoms with E-state index in [2.05, 4.69) is 16.0 Å². The normalized spacial score (nSPS) is 18.4. The minimum absolute atomic E-state index is 0.0763. The first-order valence-corrected chi connectivity index (χ1v) is 15.9. The lowest BCUT2D eigenvalue weighted by Gasteiger charge is -2.35. The highest BCUT2D eigenvalue weighted by atomic mass is 32.2. The van der Waals surface area contributed by atoms with E-state index in [0.29, 0.717) is 31.0 Å². The average Bonchev–Trinajstić information content (AvgIpc) is 3.39. The molecule has 2 aromatic carbocycles. The van der Waals surface area contributed by atoms with Gasteiger partial charge in [-0.2, -0.15) is 9.57 Å². The van der Waals surface area contributed by atoms with Gasteiger partial charge in [-0.05, 0) is 24.0 Å². The molecule has 2 atom stereocenters. The van der Waals surface area contributed by atoms with Gasteiger partial charge in [0.15, 0.2) is 0 Å². The lowest BCUT2D eigenvalue weighted by molar-refractivity contribution is -0.134. The lowest BCUT2D eigenvalue weighted by atomic mass is 9.95. The van der Waals surface area contributed by atoms with E-state index in [-0.39, 0.29) is 25.6 Å². The number of nitriles is 1. The Morgan fingerprint density at radius 2 is 1.67 bits per heavy atom. The highest BCUT2D eigenvalue weighted by molar-refractivity contribution is 7.89. The summed E-state index contributed by atoms with van der Waals surface area (Å²) in [4.78, 5) is 38.2. The van der Waals surface area contributed by atoms with E-state index in [1.165, 1.54) is 4.31 Å². The first-order chi connectivity index (χ1) is 20.7. The van der Waals surface area contributed by atoms with E-state index in [9.17, 15) is 23.3 Å². The van der Waals surface area contributed by atoms with Crippen molar-refractivity contribution in [2.75, 3.05) is 43.4 Å². The van der Waals surface area contributed by atoms with Crippen molar-refractivity contribution in [3.63, 3.8) is 0 Å². The predicted molar refractivity (Wildman–Crippen MR) is 160 cm³/mol. The Bertz CT molecular complexity index is 1600. The number of carbonyl (C=O) groups is 2. The first-order valence-electron chi connectivity index (χ1n) is 14.3. The number of sulfonamides is 1. The number of imide groups is 1. The Labute approximate surface area is 251 Å². The van der Waals surface area contributed by atoms with Crippen LogP contribution in [0.15, 0.2) is 67.0 Å². The number of hydrogen-bond acceptors (Lipinski definition) is 9. The zero-order chi connectivity index (χ0) is 30.6. The van der Waals surface area contributed by atoms with E-state index in [4.69, 9.17) is 4.74 Å². The number of anilines is 1. The summed E-state index contributed by atoms with van der Waals surface area (Å²) in [6.45, 7) is 4.85. The SMILES string of the molecule is CC(C)C(CS(=O)(=O)N1CCN(c2ncc(-c3ccccc3C#N)cn2)CC1)C(=O)N1C(=O)OC[C@H]1Cc1ccccc1. The fraction of sp³-hybridized carbons (Fsp3) is 0.387. The molecular formula is C31H34N6O5S. The Balaban J connectivity index is 1.23. The molecule has 0 bridgehead atoms. The van der Waals surface area contributed by atoms with E-state index < -0.39 is 39.7 Å². The summed E-state index contributed by atoms with van der Waals surface area (Å²) in [5, 5.41) is 9.38. The number of ether oxygens (including phenoxy) is 1. The van der Waals surface area contributed by atoms with Crippen LogP contribution in [0.2, 0.25) is 0 Å². The van der Waals surface area contributed by atoms with Crippen LogP contribution in [-0.2, 0) is 26.0 Å². The molecule has 11 nitrogen and oxygen atoms in total. The van der Waals surface area contributed by atoms with Crippen LogP contribution < -0.4 is 4.90 Å². The maximum atomic E-state index is 13.7. The highest BCUT2D eigenvalue weighted by Crippen LogP contribution is 2.27. The Kier molecular flexibility index (Phi) is 9.03. The van der Waals surface area contributed by atoms with Crippen LogP contribution in [0.5, 0.6) is 0 Å². The van der Waals surface area contributed by atoms with Gasteiger partial charge in [-0.1, -0.05) is 62.4 Å². The van der Waals surface area contributed by atoms with Gasteiger partial charge >= 0.3 is 6.09 Å². The van der Waals surface area contributed by atoms with E-state index in [1.807, 2.05) is 47.4 Å². The van der Waals surface area contributed by atoms with Crippen molar-refractivity contribution >= 4 is 28.0 Å². The lowest BCUT2D eigenvalue weighted by Crippen LogP contribution is -2.52. The topological polar surface area (TPSA) is 137 Å². The molecule has 2 saturated heterocycles. The first kappa shape index (κ1) is 30.1. The van der Waals surface area contributed by atoms with Crippen LogP contribution in [0.25, 0.3) is 11.1 Å². The number of hydrogen-bond donors (Lipinski definition) is 0. The van der Waals surface area contributed by atoms with Gasteiger partial charge in [0.1, 0.15) is 6.61 Å². The maximum Gasteiger partial charge on any atom is 0.416 e. The van der Waals surface area contributed by atoms with Gasteiger partial charge in [0.2, 0.25) is 21.9 Å². The minimum Gasteiger partial charge on any atom is -0.447 e. The van der Waals surface area contributed by atoms with Crippen molar-refractivity contribution in [3.8, 4) is 17.2 Å². The van der Waals surface area contributed by atoms with Gasteiger partial charge in [-0.25, -0.2) is 28.1 Å². The third kappa shape index (κ3) is 6.68. The summed E-state index contributed by atoms with van der Waals surface area (Å²) in [7, 11) is -3.82. The summed E-state index contributed by atoms with van der Waals surface area (Å²) in [5.41, 5.74) is 2.96. The second-order valence-corrected chi connectivity index (χ2v) is 13.1. The summed E-state index contributed by atoms with van der Waals surface area (Å²) >= 11 is 0. The molecule has 0 saturated carbocycles. The molecule has 12 heteroatoms. The van der Waals surface area contributed by atoms with Crippen molar-refractivity contribution in [2.45, 2.75) is 26.3 Å². The number of rotatable bonds is 9. The molecule has 224 valence electrons. The molecule has 2 fully saturated rings. The van der Waals surface area contributed by atoms with Crippen molar-refractivity contribution < 1.29 is 22.7 Å². The average molecular weight is 603 g/mol. The molecule has 3 aromatic rings. The molecule has 43 heavy (non-hydrogen) atoms. The number of amides is 2. The molecular weight excluding hydrogens is 568 g/mol. The molecule has 0 aliphatic carbocycles. The number of nitrogens with zero attached hydrogens (tertiary/aromatic N) is 6. The van der Waals surface area contributed by atoms with Crippen LogP contribution in [0.4, 0.5) is 10.7 Å². The van der Waals surface area contributed by atoms with Gasteiger partial charge in [-0.3, -0.25) is 4.79 Å². The van der Waals surface area contributed by atoms with Crippen LogP contribution in [0, 0.1) is 23.2 Å². The number of benzene rings is 2. The standard InChI is InChI=1S/C31H34N6O5S/c1-22(2)28(29(38)37-26(20-42-31(37)39)16-23-8-4-3-5-9-23)21-43(40,41)36-14-12-35(13-15-36)30-33-18-25(19-34-30)27-11-7-6-10-24(27)17-32/h3-11,18-19,22,26,28H,12-16,20-21H2,1-2H3/t26-,28?/m1/s1. The Morgan fingerprint density at radius 3 is 2.33 bits per heavy atom. The second kappa shape index (κ2) is 12.9. The third-order valence-corrected chi connectivity index (χ3v) is 9.87. The smallest absolute Gasteiger partial charge is 0.416 e. The van der Waals surface area contributed by atoms with Gasteiger partial charge in [0, 0.05) is 49.7 Å². The number of cyclic esters (lactones) is 1. The molecule has 5 rings (SSSR count). The molecule has 0 N–H and O–H groups in total. The molecule has 3 heterocycles. The Hall–Kier alpha value is -4.34. The third-order valence-electron chi connectivity index (χ3n) is 7.94. The monoisotopic (exact) mass is 602 g/mol. The van der Waals surface area contributed by atoms with Gasteiger partial charge in [-0.15, -0.1) is 0 Å². The zero-order valence-electron chi connectivity index (χ0n) is 24.2. The van der Waals surface area contributed by atoms with Gasteiger partial charge < -0.3 is 9.64 Å². The van der Waals surface area contributed by atoms with Crippen molar-refractivity contribution in [2.24, 2.45) is 11.8 Å². The largest absolute Gasteiger partial charge is 0.447 e. The van der Waals surface area contributed by atoms with Gasteiger partial charge in [0.25, 0.3) is 0 Å². The molecule has 0 spiro atoms. The number of piperazine rings is 1. The molecule has 1 aromatic heterocycles. The van der Waals surface area contributed by atoms with Crippen LogP contribution in [-0.4, -0.2) is 84.2 Å². The van der Waals surface area contributed by atoms with Crippen LogP contribution in [0.1, 0.15) is 25.0 Å². The number of aromatic nitrogens is 2. The second-order valence-electron chi connectivity index (χ2n) is 11.1. The summed E-state index contributed by atoms with van der Waals surface area (Å²) < 4.78 is 33.7. The van der Waals surface area contributed by atoms with E-state index in [0.717, 1.165) is 21.6 Å². The number of carbonyl (C=O) groups excluding carboxylic acids is 2. The van der Waals surface area contributed by atoms with Crippen molar-refractivity contribution in [1.29, 1.82) is 5.26 Å². The highest BCUT2D eigenvalue weighted by Gasteiger charge is 2.43. The molecule has 1 unspecified atom stereocenters. The molecule has 2 aliphatic heterocycles. The summed E-state index contributed by atoms with van der Waals surface area (Å²) in [6.07, 6.45) is 3.03. The quantitative estimate of drug-likeness (QED) is 0.361. The molecule has 0 radical (unpaired) electrons. The molecule has 2 amide bonds. The fourth-order valence-electron chi connectivity index (χ4n) is 5.45. The van der Waals surface area contributed by atoms with Crippen LogP contribution >= 0.6 is 0 Å². The van der Waals surface area contributed by atoms with Crippen molar-refractivity contribution in [3.05, 3.63) is 78.1 Å². The predicted octanol–water partition coefficient (Wildman–Crippen LogP) is 3.33. The summed E-state index contributed by atoms with van der Waals surface area (Å²) in [6, 6.07) is 18.4. The van der Waals surface area contributed by atoms with Crippen molar-refractivity contribution in [1.82, 2.24) is 19.2 Å². The summed E-state index contributed by atoms with van der Waals surface area (Å²) in [5.74, 6) is -1.66. The maximum absolute atomic E-state index is 13.7. The fourth-order valence-corrected chi connectivity index (χ4v) is 7.36. The van der Waals surface area contributed by atoms with E-state index >= 15 is 0 Å². The Morgan fingerprint density at radius 1 is 1.02 bits per heavy atom. The van der Waals surface area contributed by atoms with E-state index in [1.54, 1.807) is 38.4 Å². The van der Waals surface area contributed by atoms with Gasteiger partial charge in [0.05, 0.1) is 29.3 Å².